The minimum Gasteiger partial charge on any atom is -0.380 e. The Kier molecular flexibility index (Phi) is 12.6. The summed E-state index contributed by atoms with van der Waals surface area (Å²) in [7, 11) is -3.39. The molecular formula is C15H34NO4P. The Morgan fingerprint density at radius 1 is 0.952 bits per heavy atom. The zero-order chi connectivity index (χ0) is 16.1. The van der Waals surface area contributed by atoms with Crippen molar-refractivity contribution in [2.75, 3.05) is 32.8 Å². The molecule has 1 atom stereocenters. The second-order valence-electron chi connectivity index (χ2n) is 5.19. The van der Waals surface area contributed by atoms with Gasteiger partial charge >= 0.3 is 7.60 Å². The molecule has 0 fully saturated rings. The molecule has 1 N–H and O–H groups in total. The topological polar surface area (TPSA) is 59.0 Å². The van der Waals surface area contributed by atoms with E-state index in [1.54, 1.807) is 13.8 Å². The minimum atomic E-state index is -3.39. The molecule has 0 amide bonds. The maximum Gasteiger partial charge on any atom is 0.358 e. The van der Waals surface area contributed by atoms with Crippen molar-refractivity contribution in [3.05, 3.63) is 0 Å². The number of unbranched alkanes of at least 4 members (excludes halogenated alkanes) is 2. The fourth-order valence-corrected chi connectivity index (χ4v) is 3.69. The molecule has 0 aromatic rings. The molecule has 128 valence electrons. The van der Waals surface area contributed by atoms with Crippen LogP contribution in [0.25, 0.3) is 0 Å². The van der Waals surface area contributed by atoms with Crippen molar-refractivity contribution in [2.24, 2.45) is 0 Å². The normalized spacial score (nSPS) is 13.8. The zero-order valence-corrected chi connectivity index (χ0v) is 15.1. The highest BCUT2D eigenvalue weighted by molar-refractivity contribution is 7.54. The van der Waals surface area contributed by atoms with E-state index in [9.17, 15) is 9.67 Å². The first-order valence-corrected chi connectivity index (χ1v) is 9.94. The molecule has 0 spiro atoms. The van der Waals surface area contributed by atoms with E-state index in [1.165, 1.54) is 0 Å². The van der Waals surface area contributed by atoms with Crippen LogP contribution in [0.1, 0.15) is 59.8 Å². The predicted octanol–water partition coefficient (Wildman–Crippen LogP) is 3.86. The third kappa shape index (κ3) is 8.94. The van der Waals surface area contributed by atoms with Crippen LogP contribution < -0.4 is 0 Å². The van der Waals surface area contributed by atoms with Gasteiger partial charge in [-0.15, -0.1) is 0 Å². The second kappa shape index (κ2) is 12.6. The lowest BCUT2D eigenvalue weighted by Crippen LogP contribution is -2.30. The van der Waals surface area contributed by atoms with Gasteiger partial charge in [0.05, 0.1) is 13.2 Å². The molecule has 0 rings (SSSR count). The fraction of sp³-hybridized carbons (Fsp3) is 1.00. The monoisotopic (exact) mass is 323 g/mol. The van der Waals surface area contributed by atoms with Gasteiger partial charge in [0.2, 0.25) is 0 Å². The number of aliphatic hydroxyl groups excluding tert-OH is 1. The predicted molar refractivity (Wildman–Crippen MR) is 87.7 cm³/mol. The van der Waals surface area contributed by atoms with Gasteiger partial charge in [-0.05, 0) is 46.2 Å². The number of aliphatic hydroxyl groups is 1. The average molecular weight is 323 g/mol. The van der Waals surface area contributed by atoms with Crippen LogP contribution >= 0.6 is 7.60 Å². The summed E-state index contributed by atoms with van der Waals surface area (Å²) in [5.41, 5.74) is 0. The van der Waals surface area contributed by atoms with Crippen LogP contribution in [0.15, 0.2) is 0 Å². The standard InChI is InChI=1S/C15H34NO4P/c1-5-9-12-16(13-10-6-2)14-11-15(17)21(18,19-7-3)20-8-4/h15,17H,5-14H2,1-4H3. The summed E-state index contributed by atoms with van der Waals surface area (Å²) >= 11 is 0. The summed E-state index contributed by atoms with van der Waals surface area (Å²) in [5.74, 6) is -1.04. The van der Waals surface area contributed by atoms with E-state index in [0.29, 0.717) is 6.42 Å². The van der Waals surface area contributed by atoms with E-state index in [-0.39, 0.29) is 13.2 Å². The summed E-state index contributed by atoms with van der Waals surface area (Å²) < 4.78 is 22.8. The van der Waals surface area contributed by atoms with Gasteiger partial charge in [-0.2, -0.15) is 0 Å². The largest absolute Gasteiger partial charge is 0.380 e. The van der Waals surface area contributed by atoms with Crippen molar-refractivity contribution in [2.45, 2.75) is 65.6 Å². The van der Waals surface area contributed by atoms with E-state index < -0.39 is 13.4 Å². The van der Waals surface area contributed by atoms with Gasteiger partial charge < -0.3 is 19.1 Å². The molecular weight excluding hydrogens is 289 g/mol. The molecule has 0 bridgehead atoms. The van der Waals surface area contributed by atoms with Crippen LogP contribution in [-0.2, 0) is 13.6 Å². The molecule has 0 aromatic carbocycles. The average Bonchev–Trinajstić information content (AvgIpc) is 2.46. The Hall–Kier alpha value is 0.0700. The third-order valence-corrected chi connectivity index (χ3v) is 5.57. The van der Waals surface area contributed by atoms with Gasteiger partial charge in [0, 0.05) is 6.54 Å². The molecule has 0 saturated heterocycles. The smallest absolute Gasteiger partial charge is 0.358 e. The molecule has 21 heavy (non-hydrogen) atoms. The van der Waals surface area contributed by atoms with Gasteiger partial charge in [0.25, 0.3) is 0 Å². The lowest BCUT2D eigenvalue weighted by Gasteiger charge is -2.26. The van der Waals surface area contributed by atoms with Crippen molar-refractivity contribution in [3.8, 4) is 0 Å². The molecule has 0 aliphatic heterocycles. The molecule has 0 aliphatic rings. The van der Waals surface area contributed by atoms with Gasteiger partial charge in [0.1, 0.15) is 0 Å². The van der Waals surface area contributed by atoms with Crippen LogP contribution in [0.3, 0.4) is 0 Å². The summed E-state index contributed by atoms with van der Waals surface area (Å²) in [6.07, 6.45) is 5.02. The Morgan fingerprint density at radius 2 is 1.43 bits per heavy atom. The van der Waals surface area contributed by atoms with E-state index in [2.05, 4.69) is 18.7 Å². The van der Waals surface area contributed by atoms with Gasteiger partial charge in [0.15, 0.2) is 5.85 Å². The summed E-state index contributed by atoms with van der Waals surface area (Å²) in [6.45, 7) is 11.2. The maximum atomic E-state index is 12.4. The first-order valence-electron chi connectivity index (χ1n) is 8.33. The van der Waals surface area contributed by atoms with E-state index >= 15 is 0 Å². The van der Waals surface area contributed by atoms with Gasteiger partial charge in [-0.3, -0.25) is 4.57 Å². The third-order valence-electron chi connectivity index (χ3n) is 3.34. The van der Waals surface area contributed by atoms with Crippen molar-refractivity contribution >= 4 is 7.60 Å². The molecule has 0 saturated carbocycles. The van der Waals surface area contributed by atoms with Crippen molar-refractivity contribution < 1.29 is 18.7 Å². The minimum absolute atomic E-state index is 0.281. The Morgan fingerprint density at radius 3 is 1.81 bits per heavy atom. The number of hydrogen-bond donors (Lipinski definition) is 1. The SMILES string of the molecule is CCCCN(CCCC)CCC(O)P(=O)(OCC)OCC. The lowest BCUT2D eigenvalue weighted by molar-refractivity contribution is 0.132. The van der Waals surface area contributed by atoms with Crippen molar-refractivity contribution in [1.29, 1.82) is 0 Å². The Balaban J connectivity index is 4.41. The summed E-state index contributed by atoms with van der Waals surface area (Å²) in [5, 5.41) is 10.2. The molecule has 5 nitrogen and oxygen atoms in total. The zero-order valence-electron chi connectivity index (χ0n) is 14.2. The molecule has 1 unspecified atom stereocenters. The highest BCUT2D eigenvalue weighted by Gasteiger charge is 2.33. The molecule has 0 radical (unpaired) electrons. The van der Waals surface area contributed by atoms with Crippen LogP contribution in [0.2, 0.25) is 0 Å². The van der Waals surface area contributed by atoms with Crippen molar-refractivity contribution in [1.82, 2.24) is 4.90 Å². The maximum absolute atomic E-state index is 12.4. The number of hydrogen-bond acceptors (Lipinski definition) is 5. The van der Waals surface area contributed by atoms with Gasteiger partial charge in [-0.25, -0.2) is 0 Å². The quantitative estimate of drug-likeness (QED) is 0.492. The molecule has 0 heterocycles. The van der Waals surface area contributed by atoms with Gasteiger partial charge in [-0.1, -0.05) is 26.7 Å². The van der Waals surface area contributed by atoms with Crippen LogP contribution in [-0.4, -0.2) is 48.7 Å². The van der Waals surface area contributed by atoms with E-state index in [0.717, 1.165) is 45.3 Å². The highest BCUT2D eigenvalue weighted by atomic mass is 31.2. The number of rotatable bonds is 14. The molecule has 6 heteroatoms. The Bertz CT molecular complexity index is 271. The highest BCUT2D eigenvalue weighted by Crippen LogP contribution is 2.53. The molecule has 0 aromatic heterocycles. The van der Waals surface area contributed by atoms with Crippen LogP contribution in [0.4, 0.5) is 0 Å². The Labute approximate surface area is 130 Å². The number of nitrogens with zero attached hydrogens (tertiary/aromatic N) is 1. The van der Waals surface area contributed by atoms with E-state index in [1.807, 2.05) is 0 Å². The first kappa shape index (κ1) is 21.1. The van der Waals surface area contributed by atoms with E-state index in [4.69, 9.17) is 9.05 Å². The second-order valence-corrected chi connectivity index (χ2v) is 7.39. The van der Waals surface area contributed by atoms with Crippen LogP contribution in [0, 0.1) is 0 Å². The summed E-state index contributed by atoms with van der Waals surface area (Å²) in [4.78, 5) is 2.33. The molecule has 0 aliphatic carbocycles. The lowest BCUT2D eigenvalue weighted by atomic mass is 10.2. The van der Waals surface area contributed by atoms with Crippen LogP contribution in [0.5, 0.6) is 0 Å². The van der Waals surface area contributed by atoms with Crippen molar-refractivity contribution in [3.63, 3.8) is 0 Å². The summed E-state index contributed by atoms with van der Waals surface area (Å²) in [6, 6.07) is 0. The first-order chi connectivity index (χ1) is 10.0. The fourth-order valence-electron chi connectivity index (χ4n) is 2.12.